The highest BCUT2D eigenvalue weighted by atomic mass is 19.2. The molecule has 0 unspecified atom stereocenters. The molecule has 2 nitrogen and oxygen atoms in total. The van der Waals surface area contributed by atoms with Gasteiger partial charge in [0.25, 0.3) is 0 Å². The molecule has 0 aromatic heterocycles. The van der Waals surface area contributed by atoms with Crippen LogP contribution in [0.25, 0.3) is 0 Å². The molecule has 0 aliphatic heterocycles. The predicted molar refractivity (Wildman–Crippen MR) is 88.1 cm³/mol. The van der Waals surface area contributed by atoms with Crippen molar-refractivity contribution < 1.29 is 27.1 Å². The van der Waals surface area contributed by atoms with Gasteiger partial charge in [-0.15, -0.1) is 0 Å². The van der Waals surface area contributed by atoms with Gasteiger partial charge in [-0.2, -0.15) is 0 Å². The van der Waals surface area contributed by atoms with Gasteiger partial charge in [0, 0.05) is 12.1 Å². The smallest absolute Gasteiger partial charge is 0.346 e. The molecule has 0 atom stereocenters. The number of esters is 1. The molecule has 3 rings (SSSR count). The van der Waals surface area contributed by atoms with Crippen molar-refractivity contribution in [1.82, 2.24) is 0 Å². The molecule has 2 aromatic rings. The van der Waals surface area contributed by atoms with Crippen molar-refractivity contribution in [2.75, 3.05) is 0 Å². The fourth-order valence-electron chi connectivity index (χ4n) is 3.01. The Bertz CT molecular complexity index is 880. The van der Waals surface area contributed by atoms with Crippen LogP contribution in [0.5, 0.6) is 5.75 Å². The molecule has 0 spiro atoms. The first-order valence-corrected chi connectivity index (χ1v) is 8.25. The van der Waals surface area contributed by atoms with Crippen LogP contribution in [0.3, 0.4) is 0 Å². The number of ether oxygens (including phenoxy) is 1. The van der Waals surface area contributed by atoms with Crippen LogP contribution in [-0.4, -0.2) is 5.97 Å². The molecular formula is C20H16F4O2. The topological polar surface area (TPSA) is 26.3 Å². The molecule has 0 saturated heterocycles. The van der Waals surface area contributed by atoms with Gasteiger partial charge in [-0.3, -0.25) is 0 Å². The van der Waals surface area contributed by atoms with Crippen molar-refractivity contribution in [2.24, 2.45) is 0 Å². The summed E-state index contributed by atoms with van der Waals surface area (Å²) in [6.45, 7) is 2.07. The zero-order chi connectivity index (χ0) is 18.8. The van der Waals surface area contributed by atoms with Crippen molar-refractivity contribution in [1.29, 1.82) is 0 Å². The molecule has 0 radical (unpaired) electrons. The van der Waals surface area contributed by atoms with E-state index in [0.29, 0.717) is 25.0 Å². The first-order valence-electron chi connectivity index (χ1n) is 8.25. The fourth-order valence-corrected chi connectivity index (χ4v) is 3.01. The Labute approximate surface area is 148 Å². The van der Waals surface area contributed by atoms with E-state index >= 15 is 0 Å². The Balaban J connectivity index is 1.84. The standard InChI is InChI=1S/C20H16F4O2/c1-2-3-11-4-5-12-7-15(16(21)8-13(12)6-11)20(25)26-14-9-17(22)19(24)18(23)10-14/h4,7-10H,2-3,5-6H2,1H3. The number of rotatable bonds is 4. The summed E-state index contributed by atoms with van der Waals surface area (Å²) in [5.74, 6) is -7.05. The number of carbonyl (C=O) groups is 1. The minimum Gasteiger partial charge on any atom is -0.423 e. The van der Waals surface area contributed by atoms with Gasteiger partial charge in [0.05, 0.1) is 5.56 Å². The van der Waals surface area contributed by atoms with Gasteiger partial charge < -0.3 is 4.74 Å². The summed E-state index contributed by atoms with van der Waals surface area (Å²) < 4.78 is 58.5. The second-order valence-electron chi connectivity index (χ2n) is 6.18. The maximum Gasteiger partial charge on any atom is 0.346 e. The number of fused-ring (bicyclic) bond motifs is 1. The molecule has 0 amide bonds. The lowest BCUT2D eigenvalue weighted by Gasteiger charge is -2.18. The van der Waals surface area contributed by atoms with E-state index in [1.165, 1.54) is 17.7 Å². The summed E-state index contributed by atoms with van der Waals surface area (Å²) in [5.41, 5.74) is 2.51. The summed E-state index contributed by atoms with van der Waals surface area (Å²) in [7, 11) is 0. The van der Waals surface area contributed by atoms with Crippen molar-refractivity contribution >= 4 is 5.97 Å². The van der Waals surface area contributed by atoms with Crippen molar-refractivity contribution in [2.45, 2.75) is 32.6 Å². The molecule has 6 heteroatoms. The van der Waals surface area contributed by atoms with Crippen LogP contribution in [0.4, 0.5) is 17.6 Å². The Morgan fingerprint density at radius 2 is 1.69 bits per heavy atom. The third-order valence-electron chi connectivity index (χ3n) is 4.28. The lowest BCUT2D eigenvalue weighted by atomic mass is 9.88. The van der Waals surface area contributed by atoms with E-state index in [1.807, 2.05) is 0 Å². The van der Waals surface area contributed by atoms with Crippen LogP contribution < -0.4 is 4.74 Å². The predicted octanol–water partition coefficient (Wildman–Crippen LogP) is 5.29. The number of allylic oxidation sites excluding steroid dienone is 2. The fraction of sp³-hybridized carbons (Fsp3) is 0.250. The molecule has 0 N–H and O–H groups in total. The monoisotopic (exact) mass is 364 g/mol. The SMILES string of the molecule is CCCC1=CCc2cc(C(=O)Oc3cc(F)c(F)c(F)c3)c(F)cc2C1. The number of hydrogen-bond acceptors (Lipinski definition) is 2. The van der Waals surface area contributed by atoms with E-state index in [2.05, 4.69) is 13.0 Å². The normalized spacial score (nSPS) is 13.2. The molecule has 136 valence electrons. The van der Waals surface area contributed by atoms with Gasteiger partial charge in [-0.25, -0.2) is 22.4 Å². The Hall–Kier alpha value is -2.63. The summed E-state index contributed by atoms with van der Waals surface area (Å²) in [6, 6.07) is 3.75. The van der Waals surface area contributed by atoms with Gasteiger partial charge in [0.2, 0.25) is 0 Å². The highest BCUT2D eigenvalue weighted by Gasteiger charge is 2.21. The summed E-state index contributed by atoms with van der Waals surface area (Å²) >= 11 is 0. The van der Waals surface area contributed by atoms with Crippen molar-refractivity contribution in [3.8, 4) is 5.75 Å². The first kappa shape index (κ1) is 18.2. The van der Waals surface area contributed by atoms with Gasteiger partial charge in [0.15, 0.2) is 17.5 Å². The average Bonchev–Trinajstić information content (AvgIpc) is 2.59. The molecule has 1 aliphatic carbocycles. The second kappa shape index (κ2) is 7.32. The molecule has 26 heavy (non-hydrogen) atoms. The first-order chi connectivity index (χ1) is 12.4. The molecule has 1 aliphatic rings. The van der Waals surface area contributed by atoms with Crippen molar-refractivity contribution in [3.05, 3.63) is 75.9 Å². The summed E-state index contributed by atoms with van der Waals surface area (Å²) in [4.78, 5) is 12.2. The van der Waals surface area contributed by atoms with Crippen LogP contribution in [0.15, 0.2) is 35.9 Å². The Morgan fingerprint density at radius 1 is 1.00 bits per heavy atom. The summed E-state index contributed by atoms with van der Waals surface area (Å²) in [5, 5.41) is 0. The number of benzene rings is 2. The van der Waals surface area contributed by atoms with Gasteiger partial charge in [0.1, 0.15) is 11.6 Å². The zero-order valence-electron chi connectivity index (χ0n) is 14.0. The highest BCUT2D eigenvalue weighted by molar-refractivity contribution is 5.91. The maximum atomic E-state index is 14.3. The largest absolute Gasteiger partial charge is 0.423 e. The average molecular weight is 364 g/mol. The minimum absolute atomic E-state index is 0.332. The Morgan fingerprint density at radius 3 is 2.35 bits per heavy atom. The van der Waals surface area contributed by atoms with E-state index in [1.54, 1.807) is 0 Å². The summed E-state index contributed by atoms with van der Waals surface area (Å²) in [6.07, 6.45) is 5.20. The van der Waals surface area contributed by atoms with Gasteiger partial charge >= 0.3 is 5.97 Å². The van der Waals surface area contributed by atoms with E-state index < -0.39 is 35.0 Å². The molecule has 0 fully saturated rings. The molecule has 0 saturated carbocycles. The molecule has 0 bridgehead atoms. The van der Waals surface area contributed by atoms with Crippen LogP contribution in [-0.2, 0) is 12.8 Å². The lowest BCUT2D eigenvalue weighted by molar-refractivity contribution is 0.0728. The highest BCUT2D eigenvalue weighted by Crippen LogP contribution is 2.27. The molecule has 2 aromatic carbocycles. The maximum absolute atomic E-state index is 14.3. The molecule has 0 heterocycles. The Kier molecular flexibility index (Phi) is 5.11. The number of halogens is 4. The van der Waals surface area contributed by atoms with Gasteiger partial charge in [-0.1, -0.05) is 25.0 Å². The van der Waals surface area contributed by atoms with Crippen LogP contribution in [0.1, 0.15) is 41.3 Å². The molecular weight excluding hydrogens is 348 g/mol. The van der Waals surface area contributed by atoms with E-state index in [0.717, 1.165) is 24.0 Å². The zero-order valence-corrected chi connectivity index (χ0v) is 14.0. The number of carbonyl (C=O) groups excluding carboxylic acids is 1. The quantitative estimate of drug-likeness (QED) is 0.242. The van der Waals surface area contributed by atoms with Crippen LogP contribution in [0, 0.1) is 23.3 Å². The van der Waals surface area contributed by atoms with E-state index in [4.69, 9.17) is 4.74 Å². The third-order valence-corrected chi connectivity index (χ3v) is 4.28. The number of hydrogen-bond donors (Lipinski definition) is 0. The van der Waals surface area contributed by atoms with Crippen LogP contribution >= 0.6 is 0 Å². The lowest BCUT2D eigenvalue weighted by Crippen LogP contribution is -2.14. The van der Waals surface area contributed by atoms with Crippen molar-refractivity contribution in [3.63, 3.8) is 0 Å². The van der Waals surface area contributed by atoms with E-state index in [-0.39, 0.29) is 5.56 Å². The second-order valence-corrected chi connectivity index (χ2v) is 6.18. The van der Waals surface area contributed by atoms with Crippen LogP contribution in [0.2, 0.25) is 0 Å². The van der Waals surface area contributed by atoms with Gasteiger partial charge in [-0.05, 0) is 42.5 Å². The van der Waals surface area contributed by atoms with E-state index in [9.17, 15) is 22.4 Å². The third kappa shape index (κ3) is 3.64. The minimum atomic E-state index is -1.67.